The van der Waals surface area contributed by atoms with E-state index in [1.165, 1.54) is 6.20 Å². The van der Waals surface area contributed by atoms with Crippen LogP contribution in [-0.4, -0.2) is 46.9 Å². The Morgan fingerprint density at radius 3 is 2.55 bits per heavy atom. The molecule has 7 nitrogen and oxygen atoms in total. The topological polar surface area (TPSA) is 85.5 Å². The number of likely N-dealkylation sites (tertiary alicyclic amines) is 1. The number of aromatic nitrogens is 2. The molecule has 29 heavy (non-hydrogen) atoms. The molecular formula is C22H23N3O4. The van der Waals surface area contributed by atoms with E-state index in [9.17, 15) is 9.59 Å². The Morgan fingerprint density at radius 1 is 1.17 bits per heavy atom. The second-order valence-corrected chi connectivity index (χ2v) is 7.22. The van der Waals surface area contributed by atoms with Gasteiger partial charge in [0.15, 0.2) is 5.78 Å². The summed E-state index contributed by atoms with van der Waals surface area (Å²) in [6.45, 7) is 3.08. The monoisotopic (exact) mass is 393 g/mol. The standard InChI is InChI=1S/C22H23N3O4/c1-3-19-18-12-16(13-23-21(18)29-24-19)22(27)25-10-8-15(9-11-25)20(26)14-4-6-17(28-2)7-5-14/h4-7,12-13,15H,3,8-11H2,1-2H3. The maximum Gasteiger partial charge on any atom is 0.257 e. The molecule has 1 aromatic carbocycles. The first-order valence-electron chi connectivity index (χ1n) is 9.82. The van der Waals surface area contributed by atoms with Crippen LogP contribution in [0.3, 0.4) is 0 Å². The SMILES string of the molecule is CCc1noc2ncc(C(=O)N3CCC(C(=O)c4ccc(OC)cc4)CC3)cc12. The summed E-state index contributed by atoms with van der Waals surface area (Å²) < 4.78 is 10.3. The normalized spacial score (nSPS) is 14.9. The molecule has 0 atom stereocenters. The number of Topliss-reactive ketones (excluding diaryl/α,β-unsaturated/α-hetero) is 1. The van der Waals surface area contributed by atoms with Crippen molar-refractivity contribution in [1.29, 1.82) is 0 Å². The summed E-state index contributed by atoms with van der Waals surface area (Å²) >= 11 is 0. The van der Waals surface area contributed by atoms with Gasteiger partial charge in [0.25, 0.3) is 11.6 Å². The van der Waals surface area contributed by atoms with Gasteiger partial charge in [0.1, 0.15) is 5.75 Å². The molecule has 0 spiro atoms. The van der Waals surface area contributed by atoms with E-state index in [0.29, 0.717) is 49.2 Å². The van der Waals surface area contributed by atoms with E-state index in [0.717, 1.165) is 16.8 Å². The van der Waals surface area contributed by atoms with E-state index in [4.69, 9.17) is 9.26 Å². The van der Waals surface area contributed by atoms with E-state index in [-0.39, 0.29) is 17.6 Å². The van der Waals surface area contributed by atoms with Crippen molar-refractivity contribution in [2.45, 2.75) is 26.2 Å². The fourth-order valence-corrected chi connectivity index (χ4v) is 3.77. The molecular weight excluding hydrogens is 370 g/mol. The predicted octanol–water partition coefficient (Wildman–Crippen LogP) is 3.53. The summed E-state index contributed by atoms with van der Waals surface area (Å²) in [5, 5.41) is 4.77. The number of ether oxygens (including phenoxy) is 1. The highest BCUT2D eigenvalue weighted by Crippen LogP contribution is 2.25. The van der Waals surface area contributed by atoms with E-state index >= 15 is 0 Å². The number of nitrogens with zero attached hydrogens (tertiary/aromatic N) is 3. The van der Waals surface area contributed by atoms with Crippen LogP contribution in [0.15, 0.2) is 41.1 Å². The quantitative estimate of drug-likeness (QED) is 0.617. The first-order valence-corrected chi connectivity index (χ1v) is 9.82. The molecule has 3 heterocycles. The number of methoxy groups -OCH3 is 1. The third-order valence-corrected chi connectivity index (χ3v) is 5.51. The predicted molar refractivity (Wildman–Crippen MR) is 107 cm³/mol. The van der Waals surface area contributed by atoms with E-state index < -0.39 is 0 Å². The molecule has 0 radical (unpaired) electrons. The zero-order valence-corrected chi connectivity index (χ0v) is 16.6. The third-order valence-electron chi connectivity index (χ3n) is 5.51. The number of carbonyl (C=O) groups excluding carboxylic acids is 2. The van der Waals surface area contributed by atoms with E-state index in [1.54, 1.807) is 42.3 Å². The molecule has 4 rings (SSSR count). The third kappa shape index (κ3) is 3.72. The van der Waals surface area contributed by atoms with Crippen molar-refractivity contribution in [3.05, 3.63) is 53.3 Å². The van der Waals surface area contributed by atoms with Crippen LogP contribution in [0.4, 0.5) is 0 Å². The maximum atomic E-state index is 12.9. The van der Waals surface area contributed by atoms with Crippen molar-refractivity contribution in [2.75, 3.05) is 20.2 Å². The molecule has 0 N–H and O–H groups in total. The highest BCUT2D eigenvalue weighted by atomic mass is 16.5. The highest BCUT2D eigenvalue weighted by molar-refractivity contribution is 5.99. The Hall–Kier alpha value is -3.22. The molecule has 0 aliphatic carbocycles. The summed E-state index contributed by atoms with van der Waals surface area (Å²) in [6, 6.07) is 8.98. The van der Waals surface area contributed by atoms with Gasteiger partial charge in [-0.1, -0.05) is 12.1 Å². The number of hydrogen-bond acceptors (Lipinski definition) is 6. The molecule has 3 aromatic rings. The zero-order chi connectivity index (χ0) is 20.4. The Kier molecular flexibility index (Phi) is 5.29. The molecule has 0 saturated carbocycles. The molecule has 7 heteroatoms. The molecule has 2 aromatic heterocycles. The number of amides is 1. The number of piperidine rings is 1. The summed E-state index contributed by atoms with van der Waals surface area (Å²) in [6.07, 6.45) is 3.55. The fraction of sp³-hybridized carbons (Fsp3) is 0.364. The van der Waals surface area contributed by atoms with Gasteiger partial charge < -0.3 is 14.2 Å². The van der Waals surface area contributed by atoms with Gasteiger partial charge in [-0.2, -0.15) is 0 Å². The number of rotatable bonds is 5. The molecule has 1 fully saturated rings. The molecule has 0 bridgehead atoms. The largest absolute Gasteiger partial charge is 0.497 e. The van der Waals surface area contributed by atoms with Crippen LogP contribution >= 0.6 is 0 Å². The van der Waals surface area contributed by atoms with Gasteiger partial charge in [-0.3, -0.25) is 9.59 Å². The smallest absolute Gasteiger partial charge is 0.257 e. The molecule has 1 amide bonds. The second kappa shape index (κ2) is 8.03. The van der Waals surface area contributed by atoms with E-state index in [1.807, 2.05) is 6.92 Å². The summed E-state index contributed by atoms with van der Waals surface area (Å²) in [5.41, 5.74) is 2.45. The first-order chi connectivity index (χ1) is 14.1. The number of pyridine rings is 1. The molecule has 1 aliphatic heterocycles. The van der Waals surface area contributed by atoms with Gasteiger partial charge in [0.2, 0.25) is 0 Å². The van der Waals surface area contributed by atoms with Gasteiger partial charge in [0, 0.05) is 30.8 Å². The van der Waals surface area contributed by atoms with Gasteiger partial charge >= 0.3 is 0 Å². The highest BCUT2D eigenvalue weighted by Gasteiger charge is 2.29. The van der Waals surface area contributed by atoms with Crippen molar-refractivity contribution in [2.24, 2.45) is 5.92 Å². The number of ketones is 1. The van der Waals surface area contributed by atoms with Crippen molar-refractivity contribution in [1.82, 2.24) is 15.0 Å². The summed E-state index contributed by atoms with van der Waals surface area (Å²) in [4.78, 5) is 31.7. The van der Waals surface area contributed by atoms with Crippen LogP contribution in [-0.2, 0) is 6.42 Å². The maximum absolute atomic E-state index is 12.9. The Labute approximate surface area is 168 Å². The van der Waals surface area contributed by atoms with Crippen LogP contribution in [0.1, 0.15) is 46.2 Å². The lowest BCUT2D eigenvalue weighted by molar-refractivity contribution is 0.0650. The van der Waals surface area contributed by atoms with Crippen LogP contribution in [0.2, 0.25) is 0 Å². The Balaban J connectivity index is 1.42. The minimum Gasteiger partial charge on any atom is -0.497 e. The fourth-order valence-electron chi connectivity index (χ4n) is 3.77. The van der Waals surface area contributed by atoms with Crippen LogP contribution in [0.5, 0.6) is 5.75 Å². The Morgan fingerprint density at radius 2 is 1.90 bits per heavy atom. The Bertz CT molecular complexity index is 1030. The van der Waals surface area contributed by atoms with Crippen molar-refractivity contribution < 1.29 is 18.8 Å². The number of hydrogen-bond donors (Lipinski definition) is 0. The number of aryl methyl sites for hydroxylation is 1. The van der Waals surface area contributed by atoms with Gasteiger partial charge in [0.05, 0.1) is 23.8 Å². The zero-order valence-electron chi connectivity index (χ0n) is 16.6. The van der Waals surface area contributed by atoms with Gasteiger partial charge in [-0.15, -0.1) is 0 Å². The first kappa shape index (κ1) is 19.1. The summed E-state index contributed by atoms with van der Waals surface area (Å²) in [5.74, 6) is 0.710. The van der Waals surface area contributed by atoms with Crippen molar-refractivity contribution in [3.63, 3.8) is 0 Å². The number of benzene rings is 1. The van der Waals surface area contributed by atoms with Gasteiger partial charge in [-0.25, -0.2) is 4.98 Å². The van der Waals surface area contributed by atoms with Crippen LogP contribution < -0.4 is 4.74 Å². The average molecular weight is 393 g/mol. The molecule has 0 unspecified atom stereocenters. The van der Waals surface area contributed by atoms with Crippen molar-refractivity contribution in [3.8, 4) is 5.75 Å². The molecule has 1 saturated heterocycles. The molecule has 150 valence electrons. The van der Waals surface area contributed by atoms with Crippen LogP contribution in [0, 0.1) is 5.92 Å². The lowest BCUT2D eigenvalue weighted by atomic mass is 9.88. The number of carbonyl (C=O) groups is 2. The van der Waals surface area contributed by atoms with Crippen LogP contribution in [0.25, 0.3) is 11.1 Å². The average Bonchev–Trinajstić information content (AvgIpc) is 3.20. The second-order valence-electron chi connectivity index (χ2n) is 7.22. The minimum atomic E-state index is -0.0715. The van der Waals surface area contributed by atoms with Crippen molar-refractivity contribution >= 4 is 22.8 Å². The lowest BCUT2D eigenvalue weighted by Gasteiger charge is -2.31. The minimum absolute atomic E-state index is 0.0713. The lowest BCUT2D eigenvalue weighted by Crippen LogP contribution is -2.40. The summed E-state index contributed by atoms with van der Waals surface area (Å²) in [7, 11) is 1.60. The molecule has 1 aliphatic rings. The van der Waals surface area contributed by atoms with Gasteiger partial charge in [-0.05, 0) is 49.6 Å². The number of fused-ring (bicyclic) bond motifs is 1. The van der Waals surface area contributed by atoms with E-state index in [2.05, 4.69) is 10.1 Å².